The van der Waals surface area contributed by atoms with Crippen LogP contribution in [0.15, 0.2) is 47.4 Å². The summed E-state index contributed by atoms with van der Waals surface area (Å²) in [6.45, 7) is 3.74. The Labute approximate surface area is 187 Å². The third-order valence-electron chi connectivity index (χ3n) is 4.65. The maximum Gasteiger partial charge on any atom is 0.260 e. The van der Waals surface area contributed by atoms with Gasteiger partial charge >= 0.3 is 0 Å². The summed E-state index contributed by atoms with van der Waals surface area (Å²) in [5, 5.41) is 0.779. The van der Waals surface area contributed by atoms with E-state index in [0.717, 1.165) is 39.6 Å². The van der Waals surface area contributed by atoms with Gasteiger partial charge in [0.25, 0.3) is 5.91 Å². The van der Waals surface area contributed by atoms with Crippen LogP contribution in [0, 0.1) is 0 Å². The molecule has 2 aromatic carbocycles. The van der Waals surface area contributed by atoms with Crippen molar-refractivity contribution in [2.24, 2.45) is 0 Å². The summed E-state index contributed by atoms with van der Waals surface area (Å²) >= 11 is 3.28. The number of amides is 1. The number of benzene rings is 2. The van der Waals surface area contributed by atoms with Gasteiger partial charge in [0.2, 0.25) is 0 Å². The first-order valence-electron chi connectivity index (χ1n) is 9.52. The summed E-state index contributed by atoms with van der Waals surface area (Å²) in [6.07, 6.45) is 3.93. The summed E-state index contributed by atoms with van der Waals surface area (Å²) < 4.78 is 1.14. The topological polar surface area (TPSA) is 36.4 Å². The number of fused-ring (bicyclic) bond motifs is 1. The lowest BCUT2D eigenvalue weighted by atomic mass is 10.2. The van der Waals surface area contributed by atoms with Gasteiger partial charge < -0.3 is 4.90 Å². The molecular formula is C22H28ClN3OS2. The van der Waals surface area contributed by atoms with Gasteiger partial charge in [0.05, 0.1) is 10.2 Å². The molecule has 3 rings (SSSR count). The number of hydrogen-bond acceptors (Lipinski definition) is 5. The average molecular weight is 450 g/mol. The Morgan fingerprint density at radius 3 is 2.45 bits per heavy atom. The minimum absolute atomic E-state index is 0. The molecule has 0 N–H and O–H groups in total. The molecule has 0 saturated carbocycles. The molecule has 0 fully saturated rings. The largest absolute Gasteiger partial charge is 0.309 e. The summed E-state index contributed by atoms with van der Waals surface area (Å²) in [5.41, 5.74) is 2.96. The zero-order chi connectivity index (χ0) is 20.1. The number of thiazole rings is 1. The number of thioether (sulfide) groups is 1. The average Bonchev–Trinajstić information content (AvgIpc) is 3.13. The van der Waals surface area contributed by atoms with Crippen LogP contribution in [0.4, 0.5) is 5.13 Å². The van der Waals surface area contributed by atoms with E-state index in [1.54, 1.807) is 23.1 Å². The summed E-state index contributed by atoms with van der Waals surface area (Å²) in [6, 6.07) is 14.2. The van der Waals surface area contributed by atoms with E-state index in [1.807, 2.05) is 35.4 Å². The lowest BCUT2D eigenvalue weighted by molar-refractivity contribution is 0.0986. The van der Waals surface area contributed by atoms with E-state index in [0.29, 0.717) is 12.1 Å². The summed E-state index contributed by atoms with van der Waals surface area (Å²) in [4.78, 5) is 23.2. The fourth-order valence-electron chi connectivity index (χ4n) is 3.01. The van der Waals surface area contributed by atoms with E-state index in [4.69, 9.17) is 4.98 Å². The highest BCUT2D eigenvalue weighted by Gasteiger charge is 2.21. The monoisotopic (exact) mass is 449 g/mol. The SMILES string of the molecule is CCc1ccc2nc(N(CCCN(C)C)C(=O)c3ccc(SC)cc3)sc2c1.Cl. The molecule has 0 spiro atoms. The number of anilines is 1. The number of aromatic nitrogens is 1. The molecule has 1 amide bonds. The highest BCUT2D eigenvalue weighted by Crippen LogP contribution is 2.31. The second-order valence-electron chi connectivity index (χ2n) is 6.99. The van der Waals surface area contributed by atoms with Gasteiger partial charge in [-0.3, -0.25) is 9.69 Å². The molecule has 3 aromatic rings. The second kappa shape index (κ2) is 11.0. The van der Waals surface area contributed by atoms with Crippen LogP contribution in [0.1, 0.15) is 29.3 Å². The molecule has 0 bridgehead atoms. The summed E-state index contributed by atoms with van der Waals surface area (Å²) in [7, 11) is 4.11. The van der Waals surface area contributed by atoms with Crippen molar-refractivity contribution in [3.05, 3.63) is 53.6 Å². The fraction of sp³-hybridized carbons (Fsp3) is 0.364. The Morgan fingerprint density at radius 2 is 1.83 bits per heavy atom. The zero-order valence-corrected chi connectivity index (χ0v) is 19.8. The van der Waals surface area contributed by atoms with E-state index in [1.165, 1.54) is 5.56 Å². The van der Waals surface area contributed by atoms with Crippen LogP contribution in [0.2, 0.25) is 0 Å². The molecule has 29 heavy (non-hydrogen) atoms. The highest BCUT2D eigenvalue weighted by atomic mass is 35.5. The number of carbonyl (C=O) groups is 1. The Morgan fingerprint density at radius 1 is 1.10 bits per heavy atom. The van der Waals surface area contributed by atoms with Crippen molar-refractivity contribution < 1.29 is 4.79 Å². The first-order valence-corrected chi connectivity index (χ1v) is 11.6. The van der Waals surface area contributed by atoms with Gasteiger partial charge in [-0.15, -0.1) is 24.2 Å². The molecule has 0 atom stereocenters. The van der Waals surface area contributed by atoms with E-state index < -0.39 is 0 Å². The third kappa shape index (κ3) is 5.95. The predicted octanol–water partition coefficient (Wildman–Crippen LogP) is 5.60. The second-order valence-corrected chi connectivity index (χ2v) is 8.88. The van der Waals surface area contributed by atoms with E-state index in [9.17, 15) is 4.79 Å². The van der Waals surface area contributed by atoms with Crippen LogP contribution in [0.3, 0.4) is 0 Å². The normalized spacial score (nSPS) is 10.9. The van der Waals surface area contributed by atoms with Gasteiger partial charge in [0.1, 0.15) is 0 Å². The Hall–Kier alpha value is -1.60. The van der Waals surface area contributed by atoms with Crippen LogP contribution in [-0.2, 0) is 6.42 Å². The van der Waals surface area contributed by atoms with Gasteiger partial charge in [-0.1, -0.05) is 24.3 Å². The molecule has 0 unspecified atom stereocenters. The minimum Gasteiger partial charge on any atom is -0.309 e. The first kappa shape index (κ1) is 23.7. The maximum absolute atomic E-state index is 13.3. The van der Waals surface area contributed by atoms with Crippen LogP contribution in [0.25, 0.3) is 10.2 Å². The van der Waals surface area contributed by atoms with Gasteiger partial charge in [0, 0.05) is 17.0 Å². The fourth-order valence-corrected chi connectivity index (χ4v) is 4.47. The van der Waals surface area contributed by atoms with E-state index >= 15 is 0 Å². The molecule has 0 aliphatic heterocycles. The van der Waals surface area contributed by atoms with Gasteiger partial charge in [0.15, 0.2) is 5.13 Å². The zero-order valence-electron chi connectivity index (χ0n) is 17.3. The quantitative estimate of drug-likeness (QED) is 0.419. The van der Waals surface area contributed by atoms with Crippen molar-refractivity contribution in [3.63, 3.8) is 0 Å². The first-order chi connectivity index (χ1) is 13.5. The minimum atomic E-state index is 0. The molecule has 0 aliphatic carbocycles. The Bertz CT molecular complexity index is 941. The lowest BCUT2D eigenvalue weighted by Gasteiger charge is -2.21. The molecular weight excluding hydrogens is 422 g/mol. The van der Waals surface area contributed by atoms with Gasteiger partial charge in [-0.2, -0.15) is 0 Å². The number of aryl methyl sites for hydroxylation is 1. The van der Waals surface area contributed by atoms with Crippen LogP contribution >= 0.6 is 35.5 Å². The third-order valence-corrected chi connectivity index (χ3v) is 6.43. The van der Waals surface area contributed by atoms with E-state index in [-0.39, 0.29) is 18.3 Å². The van der Waals surface area contributed by atoms with E-state index in [2.05, 4.69) is 44.1 Å². The predicted molar refractivity (Wildman–Crippen MR) is 129 cm³/mol. The maximum atomic E-state index is 13.3. The van der Waals surface area contributed by atoms with Gasteiger partial charge in [-0.25, -0.2) is 4.98 Å². The van der Waals surface area contributed by atoms with Crippen molar-refractivity contribution >= 4 is 56.8 Å². The number of carbonyl (C=O) groups excluding carboxylic acids is 1. The van der Waals surface area contributed by atoms with Crippen molar-refractivity contribution in [1.82, 2.24) is 9.88 Å². The van der Waals surface area contributed by atoms with Crippen molar-refractivity contribution in [2.75, 3.05) is 38.3 Å². The molecule has 0 aliphatic rings. The number of hydrogen-bond donors (Lipinski definition) is 0. The molecule has 156 valence electrons. The van der Waals surface area contributed by atoms with Crippen LogP contribution < -0.4 is 4.90 Å². The Kier molecular flexibility index (Phi) is 8.96. The Balaban J connectivity index is 0.00000300. The van der Waals surface area contributed by atoms with Crippen molar-refractivity contribution in [2.45, 2.75) is 24.7 Å². The molecule has 4 nitrogen and oxygen atoms in total. The van der Waals surface area contributed by atoms with Crippen LogP contribution in [-0.4, -0.2) is 49.2 Å². The van der Waals surface area contributed by atoms with Crippen molar-refractivity contribution in [3.8, 4) is 0 Å². The highest BCUT2D eigenvalue weighted by molar-refractivity contribution is 7.98. The molecule has 1 heterocycles. The lowest BCUT2D eigenvalue weighted by Crippen LogP contribution is -2.33. The summed E-state index contributed by atoms with van der Waals surface area (Å²) in [5.74, 6) is 0.0150. The smallest absolute Gasteiger partial charge is 0.260 e. The number of rotatable bonds is 8. The number of nitrogens with zero attached hydrogens (tertiary/aromatic N) is 3. The van der Waals surface area contributed by atoms with Gasteiger partial charge in [-0.05, 0) is 81.7 Å². The molecule has 1 aromatic heterocycles. The molecule has 7 heteroatoms. The standard InChI is InChI=1S/C22H27N3OS2.ClH/c1-5-16-7-12-19-20(15-16)28-22(23-19)25(14-6-13-24(2)3)21(26)17-8-10-18(27-4)11-9-17;/h7-12,15H,5-6,13-14H2,1-4H3;1H. The van der Waals surface area contributed by atoms with Crippen LogP contribution in [0.5, 0.6) is 0 Å². The molecule has 0 saturated heterocycles. The number of halogens is 1. The molecule has 0 radical (unpaired) electrons. The van der Waals surface area contributed by atoms with Crippen molar-refractivity contribution in [1.29, 1.82) is 0 Å².